The third kappa shape index (κ3) is 3.80. The van der Waals surface area contributed by atoms with Crippen molar-refractivity contribution in [3.63, 3.8) is 0 Å². The molecule has 2 atom stereocenters. The molecule has 35 heavy (non-hydrogen) atoms. The summed E-state index contributed by atoms with van der Waals surface area (Å²) in [6, 6.07) is 7.42. The van der Waals surface area contributed by atoms with E-state index < -0.39 is 15.7 Å². The molecule has 184 valence electrons. The summed E-state index contributed by atoms with van der Waals surface area (Å²) in [5, 5.41) is -0.220. The summed E-state index contributed by atoms with van der Waals surface area (Å²) in [4.78, 5) is 21.9. The number of carbonyl (C=O) groups excluding carboxylic acids is 1. The minimum Gasteiger partial charge on any atom is -0.348 e. The highest BCUT2D eigenvalue weighted by Crippen LogP contribution is 2.38. The van der Waals surface area contributed by atoms with Crippen LogP contribution in [-0.4, -0.2) is 59.0 Å². The number of hydrogen-bond donors (Lipinski definition) is 0. The van der Waals surface area contributed by atoms with Crippen molar-refractivity contribution in [1.82, 2.24) is 14.3 Å². The van der Waals surface area contributed by atoms with Crippen LogP contribution in [0.5, 0.6) is 0 Å². The summed E-state index contributed by atoms with van der Waals surface area (Å²) in [5.41, 5.74) is 1.04. The Morgan fingerprint density at radius 2 is 1.74 bits per heavy atom. The normalized spacial score (nSPS) is 22.9. The Hall–Kier alpha value is -2.65. The highest BCUT2D eigenvalue weighted by molar-refractivity contribution is 7.92. The molecule has 0 spiro atoms. The number of halogens is 2. The summed E-state index contributed by atoms with van der Waals surface area (Å²) >= 11 is 6.16. The van der Waals surface area contributed by atoms with Gasteiger partial charge in [0.05, 0.1) is 32.4 Å². The fourth-order valence-electron chi connectivity index (χ4n) is 6.02. The number of imidazole rings is 1. The van der Waals surface area contributed by atoms with Gasteiger partial charge in [-0.15, -0.1) is 0 Å². The van der Waals surface area contributed by atoms with Crippen molar-refractivity contribution in [2.45, 2.75) is 60.8 Å². The number of nitrogens with zero attached hydrogens (tertiary/aromatic N) is 4. The van der Waals surface area contributed by atoms with Crippen molar-refractivity contribution in [3.8, 4) is 0 Å². The number of anilines is 1. The molecule has 0 unspecified atom stereocenters. The van der Waals surface area contributed by atoms with Crippen molar-refractivity contribution in [1.29, 1.82) is 0 Å². The van der Waals surface area contributed by atoms with Gasteiger partial charge in [0, 0.05) is 25.2 Å². The SMILES string of the molecule is O=C(c1ccc(F)cc1Cl)N1C[C@H]2CC[C@@H](C1)N2c1cc(S(=O)(=O)C2CCCC2)cc2cncn12. The van der Waals surface area contributed by atoms with Crippen molar-refractivity contribution in [3.05, 3.63) is 59.3 Å². The number of sulfone groups is 1. The fourth-order valence-corrected chi connectivity index (χ4v) is 8.16. The van der Waals surface area contributed by atoms with Gasteiger partial charge in [0.25, 0.3) is 5.91 Å². The maximum atomic E-state index is 13.5. The van der Waals surface area contributed by atoms with Crippen LogP contribution >= 0.6 is 11.6 Å². The molecule has 1 aliphatic carbocycles. The second-order valence-electron chi connectivity index (χ2n) is 9.82. The van der Waals surface area contributed by atoms with Gasteiger partial charge in [0.2, 0.25) is 0 Å². The van der Waals surface area contributed by atoms with Gasteiger partial charge in [0.15, 0.2) is 9.84 Å². The molecule has 2 aliphatic heterocycles. The van der Waals surface area contributed by atoms with Crippen LogP contribution in [0.2, 0.25) is 5.02 Å². The Morgan fingerprint density at radius 1 is 1.03 bits per heavy atom. The molecule has 0 radical (unpaired) electrons. The van der Waals surface area contributed by atoms with E-state index in [4.69, 9.17) is 11.6 Å². The van der Waals surface area contributed by atoms with Crippen molar-refractivity contribution in [2.75, 3.05) is 18.0 Å². The van der Waals surface area contributed by atoms with Crippen LogP contribution in [0.4, 0.5) is 10.2 Å². The van der Waals surface area contributed by atoms with Crippen molar-refractivity contribution in [2.24, 2.45) is 0 Å². The zero-order chi connectivity index (χ0) is 24.3. The van der Waals surface area contributed by atoms with Gasteiger partial charge in [-0.1, -0.05) is 24.4 Å². The summed E-state index contributed by atoms with van der Waals surface area (Å²) in [6.45, 7) is 0.970. The Morgan fingerprint density at radius 3 is 2.43 bits per heavy atom. The molecule has 3 aliphatic rings. The number of likely N-dealkylation sites (tertiary alicyclic amines) is 1. The monoisotopic (exact) mass is 516 g/mol. The molecule has 1 amide bonds. The van der Waals surface area contributed by atoms with Gasteiger partial charge in [-0.25, -0.2) is 17.8 Å². The fraction of sp³-hybridized carbons (Fsp3) is 0.440. The molecule has 3 fully saturated rings. The lowest BCUT2D eigenvalue weighted by molar-refractivity contribution is 0.0717. The van der Waals surface area contributed by atoms with Gasteiger partial charge in [-0.2, -0.15) is 0 Å². The molecule has 10 heteroatoms. The minimum absolute atomic E-state index is 0.0342. The Labute approximate surface area is 208 Å². The number of hydrogen-bond acceptors (Lipinski definition) is 5. The molecule has 2 bridgehead atoms. The summed E-state index contributed by atoms with van der Waals surface area (Å²) in [7, 11) is -3.43. The van der Waals surface area contributed by atoms with E-state index in [1.165, 1.54) is 12.1 Å². The van der Waals surface area contributed by atoms with Crippen molar-refractivity contribution >= 4 is 38.7 Å². The van der Waals surface area contributed by atoms with E-state index in [0.29, 0.717) is 36.4 Å². The van der Waals surface area contributed by atoms with Crippen LogP contribution < -0.4 is 4.90 Å². The number of pyridine rings is 1. The third-order valence-corrected chi connectivity index (χ3v) is 10.3. The smallest absolute Gasteiger partial charge is 0.255 e. The summed E-state index contributed by atoms with van der Waals surface area (Å²) in [5.74, 6) is 0.112. The lowest BCUT2D eigenvalue weighted by atomic mass is 10.1. The number of carbonyl (C=O) groups is 1. The molecular formula is C25H26ClFN4O3S. The number of piperazine rings is 1. The first-order valence-electron chi connectivity index (χ1n) is 12.1. The molecule has 7 nitrogen and oxygen atoms in total. The average molecular weight is 517 g/mol. The van der Waals surface area contributed by atoms with E-state index in [2.05, 4.69) is 9.88 Å². The van der Waals surface area contributed by atoms with Crippen LogP contribution in [-0.2, 0) is 9.84 Å². The molecule has 4 heterocycles. The van der Waals surface area contributed by atoms with Gasteiger partial charge in [-0.05, 0) is 56.0 Å². The third-order valence-electron chi connectivity index (χ3n) is 7.74. The zero-order valence-corrected chi connectivity index (χ0v) is 20.7. The standard InChI is InChI=1S/C25H26ClFN4O3S/c26-23-9-16(27)5-8-22(23)25(32)29-13-17-6-7-18(14-29)31(17)24-11-21(10-19-12-28-15-30(19)24)35(33,34)20-3-1-2-4-20/h5,8-12,15,17-18,20H,1-4,6-7,13-14H2/t17-,18+. The van der Waals surface area contributed by atoms with E-state index in [0.717, 1.165) is 43.1 Å². The van der Waals surface area contributed by atoms with Crippen LogP contribution in [0.25, 0.3) is 5.52 Å². The van der Waals surface area contributed by atoms with E-state index in [-0.39, 0.29) is 28.3 Å². The molecule has 1 aromatic carbocycles. The molecular weight excluding hydrogens is 491 g/mol. The largest absolute Gasteiger partial charge is 0.348 e. The minimum atomic E-state index is -3.43. The topological polar surface area (TPSA) is 75.0 Å². The van der Waals surface area contributed by atoms with Gasteiger partial charge in [0.1, 0.15) is 18.0 Å². The maximum Gasteiger partial charge on any atom is 0.255 e. The number of amides is 1. The second-order valence-corrected chi connectivity index (χ2v) is 12.5. The molecule has 6 rings (SSSR count). The molecule has 1 saturated carbocycles. The maximum absolute atomic E-state index is 13.5. The quantitative estimate of drug-likeness (QED) is 0.516. The first-order chi connectivity index (χ1) is 16.8. The van der Waals surface area contributed by atoms with Crippen LogP contribution in [0.1, 0.15) is 48.9 Å². The molecule has 0 N–H and O–H groups in total. The average Bonchev–Trinajstić information content (AvgIpc) is 3.58. The Kier molecular flexibility index (Phi) is 5.52. The van der Waals surface area contributed by atoms with E-state index in [1.54, 1.807) is 29.6 Å². The Bertz CT molecular complexity index is 1410. The predicted molar refractivity (Wildman–Crippen MR) is 131 cm³/mol. The van der Waals surface area contributed by atoms with E-state index in [1.807, 2.05) is 4.40 Å². The highest BCUT2D eigenvalue weighted by Gasteiger charge is 2.43. The van der Waals surface area contributed by atoms with Gasteiger partial charge >= 0.3 is 0 Å². The summed E-state index contributed by atoms with van der Waals surface area (Å²) < 4.78 is 42.3. The van der Waals surface area contributed by atoms with Crippen LogP contribution in [0.3, 0.4) is 0 Å². The van der Waals surface area contributed by atoms with Crippen molar-refractivity contribution < 1.29 is 17.6 Å². The lowest BCUT2D eigenvalue weighted by Gasteiger charge is -2.42. The number of fused-ring (bicyclic) bond motifs is 3. The second kappa shape index (κ2) is 8.48. The first kappa shape index (κ1) is 22.8. The summed E-state index contributed by atoms with van der Waals surface area (Å²) in [6.07, 6.45) is 8.50. The highest BCUT2D eigenvalue weighted by atomic mass is 35.5. The first-order valence-corrected chi connectivity index (χ1v) is 14.0. The molecule has 2 saturated heterocycles. The number of rotatable bonds is 4. The Balaban J connectivity index is 1.33. The van der Waals surface area contributed by atoms with Crippen LogP contribution in [0.15, 0.2) is 47.8 Å². The predicted octanol–water partition coefficient (Wildman–Crippen LogP) is 4.34. The van der Waals surface area contributed by atoms with Gasteiger partial charge in [-0.3, -0.25) is 9.20 Å². The number of benzene rings is 1. The van der Waals surface area contributed by atoms with Gasteiger partial charge < -0.3 is 9.80 Å². The molecule has 3 aromatic rings. The number of aromatic nitrogens is 2. The zero-order valence-electron chi connectivity index (χ0n) is 19.1. The van der Waals surface area contributed by atoms with Crippen LogP contribution in [0, 0.1) is 5.82 Å². The molecule has 2 aromatic heterocycles. The van der Waals surface area contributed by atoms with E-state index in [9.17, 15) is 17.6 Å². The lowest BCUT2D eigenvalue weighted by Crippen LogP contribution is -2.56. The van der Waals surface area contributed by atoms with E-state index >= 15 is 0 Å².